The Hall–Kier alpha value is 0.260. The summed E-state index contributed by atoms with van der Waals surface area (Å²) in [5.74, 6) is 1.71. The highest BCUT2D eigenvalue weighted by atomic mass is 32.2. The summed E-state index contributed by atoms with van der Waals surface area (Å²) in [4.78, 5) is 0. The maximum absolute atomic E-state index is 10.9. The van der Waals surface area contributed by atoms with Gasteiger partial charge in [-0.05, 0) is 0 Å². The lowest BCUT2D eigenvalue weighted by atomic mass is 10.6. The molecule has 5 heteroatoms. The first-order valence-electron chi connectivity index (χ1n) is 3.11. The van der Waals surface area contributed by atoms with E-state index in [1.54, 1.807) is 11.8 Å². The van der Waals surface area contributed by atoms with Gasteiger partial charge < -0.3 is 0 Å². The van der Waals surface area contributed by atoms with Crippen molar-refractivity contribution in [2.45, 2.75) is 5.37 Å². The Morgan fingerprint density at radius 2 is 2.30 bits per heavy atom. The van der Waals surface area contributed by atoms with Gasteiger partial charge in [-0.1, -0.05) is 0 Å². The van der Waals surface area contributed by atoms with Crippen LogP contribution in [0.15, 0.2) is 0 Å². The normalized spacial score (nSPS) is 28.3. The fourth-order valence-corrected chi connectivity index (χ4v) is 3.28. The first kappa shape index (κ1) is 8.36. The maximum atomic E-state index is 10.9. The summed E-state index contributed by atoms with van der Waals surface area (Å²) in [6.07, 6.45) is 1.27. The minimum Gasteiger partial charge on any atom is -0.300 e. The van der Waals surface area contributed by atoms with Crippen LogP contribution < -0.4 is 5.32 Å². The third-order valence-corrected chi connectivity index (χ3v) is 4.04. The highest BCUT2D eigenvalue weighted by Crippen LogP contribution is 2.10. The van der Waals surface area contributed by atoms with Gasteiger partial charge in [-0.15, -0.1) is 0 Å². The second-order valence-electron chi connectivity index (χ2n) is 2.35. The van der Waals surface area contributed by atoms with Crippen LogP contribution in [0.2, 0.25) is 0 Å². The number of thioether (sulfide) groups is 1. The summed E-state index contributed by atoms with van der Waals surface area (Å²) in [6, 6.07) is 0. The molecule has 0 spiro atoms. The zero-order chi connectivity index (χ0) is 7.61. The SMILES string of the molecule is CS(=O)(=O)[C@@H]1CSCCN1. The molecule has 0 radical (unpaired) electrons. The van der Waals surface area contributed by atoms with Gasteiger partial charge in [-0.25, -0.2) is 8.42 Å². The Morgan fingerprint density at radius 3 is 2.60 bits per heavy atom. The molecule has 1 rings (SSSR count). The minimum absolute atomic E-state index is 0.314. The molecule has 0 bridgehead atoms. The zero-order valence-corrected chi connectivity index (χ0v) is 7.46. The molecule has 0 aromatic rings. The molecular formula is C5H11NO2S2. The van der Waals surface area contributed by atoms with Crippen molar-refractivity contribution in [3.8, 4) is 0 Å². The largest absolute Gasteiger partial charge is 0.300 e. The summed E-state index contributed by atoms with van der Waals surface area (Å²) in [5, 5.41) is 2.64. The van der Waals surface area contributed by atoms with Crippen LogP contribution in [0.3, 0.4) is 0 Å². The van der Waals surface area contributed by atoms with Crippen LogP contribution in [-0.4, -0.2) is 38.1 Å². The van der Waals surface area contributed by atoms with E-state index < -0.39 is 9.84 Å². The van der Waals surface area contributed by atoms with Crippen molar-refractivity contribution >= 4 is 21.6 Å². The number of rotatable bonds is 1. The van der Waals surface area contributed by atoms with E-state index in [0.29, 0.717) is 5.75 Å². The molecule has 1 heterocycles. The second-order valence-corrected chi connectivity index (χ2v) is 5.73. The molecule has 0 amide bonds. The molecule has 1 N–H and O–H groups in total. The third kappa shape index (κ3) is 2.14. The molecule has 1 atom stereocenters. The molecule has 1 aliphatic heterocycles. The Kier molecular flexibility index (Phi) is 2.60. The molecule has 1 fully saturated rings. The third-order valence-electron chi connectivity index (χ3n) is 1.40. The standard InChI is InChI=1S/C5H11NO2S2/c1-10(7,8)5-4-9-3-2-6-5/h5-6H,2-4H2,1H3/t5-/m1/s1. The predicted octanol–water partition coefficient (Wildman–Crippen LogP) is -0.306. The summed E-state index contributed by atoms with van der Waals surface area (Å²) < 4.78 is 21.8. The van der Waals surface area contributed by atoms with Crippen LogP contribution in [0.4, 0.5) is 0 Å². The van der Waals surface area contributed by atoms with Gasteiger partial charge in [0.2, 0.25) is 0 Å². The highest BCUT2D eigenvalue weighted by molar-refractivity contribution is 8.00. The van der Waals surface area contributed by atoms with Crippen molar-refractivity contribution in [2.24, 2.45) is 0 Å². The maximum Gasteiger partial charge on any atom is 0.164 e. The number of nitrogens with one attached hydrogen (secondary N) is 1. The van der Waals surface area contributed by atoms with Gasteiger partial charge >= 0.3 is 0 Å². The van der Waals surface area contributed by atoms with Gasteiger partial charge in [0.05, 0.1) is 0 Å². The molecule has 0 aliphatic carbocycles. The minimum atomic E-state index is -2.86. The average Bonchev–Trinajstić information content (AvgIpc) is 1.88. The summed E-state index contributed by atoms with van der Waals surface area (Å²) in [6.45, 7) is 0.808. The first-order valence-corrected chi connectivity index (χ1v) is 6.21. The number of hydrogen-bond acceptors (Lipinski definition) is 4. The molecule has 1 aliphatic rings. The van der Waals surface area contributed by atoms with Crippen molar-refractivity contribution < 1.29 is 8.42 Å². The second kappa shape index (κ2) is 3.11. The average molecular weight is 181 g/mol. The van der Waals surface area contributed by atoms with E-state index in [2.05, 4.69) is 5.32 Å². The van der Waals surface area contributed by atoms with Crippen molar-refractivity contribution in [2.75, 3.05) is 24.3 Å². The number of hydrogen-bond donors (Lipinski definition) is 1. The van der Waals surface area contributed by atoms with E-state index in [1.807, 2.05) is 0 Å². The van der Waals surface area contributed by atoms with Gasteiger partial charge in [0.15, 0.2) is 9.84 Å². The van der Waals surface area contributed by atoms with Gasteiger partial charge in [-0.2, -0.15) is 11.8 Å². The molecule has 0 aromatic heterocycles. The molecule has 1 saturated heterocycles. The van der Waals surface area contributed by atoms with E-state index >= 15 is 0 Å². The van der Waals surface area contributed by atoms with Crippen molar-refractivity contribution in [3.63, 3.8) is 0 Å². The quantitative estimate of drug-likeness (QED) is 0.603. The molecule has 0 aromatic carbocycles. The molecule has 3 nitrogen and oxygen atoms in total. The molecule has 10 heavy (non-hydrogen) atoms. The molecule has 60 valence electrons. The van der Waals surface area contributed by atoms with Crippen LogP contribution in [0, 0.1) is 0 Å². The van der Waals surface area contributed by atoms with Gasteiger partial charge in [0.1, 0.15) is 5.37 Å². The fraction of sp³-hybridized carbons (Fsp3) is 1.00. The van der Waals surface area contributed by atoms with Crippen LogP contribution >= 0.6 is 11.8 Å². The van der Waals surface area contributed by atoms with Crippen LogP contribution in [0.5, 0.6) is 0 Å². The smallest absolute Gasteiger partial charge is 0.164 e. The molecular weight excluding hydrogens is 170 g/mol. The van der Waals surface area contributed by atoms with Crippen molar-refractivity contribution in [1.29, 1.82) is 0 Å². The summed E-state index contributed by atoms with van der Waals surface area (Å²) in [5.41, 5.74) is 0. The lowest BCUT2D eigenvalue weighted by Gasteiger charge is -2.20. The zero-order valence-electron chi connectivity index (χ0n) is 5.83. The Balaban J connectivity index is 2.56. The van der Waals surface area contributed by atoms with Crippen LogP contribution in [0.25, 0.3) is 0 Å². The monoisotopic (exact) mass is 181 g/mol. The van der Waals surface area contributed by atoms with Gasteiger partial charge in [-0.3, -0.25) is 5.32 Å². The van der Waals surface area contributed by atoms with Crippen LogP contribution in [0.1, 0.15) is 0 Å². The molecule has 0 saturated carbocycles. The summed E-state index contributed by atoms with van der Waals surface area (Å²) in [7, 11) is -2.86. The lowest BCUT2D eigenvalue weighted by molar-refractivity contribution is 0.570. The highest BCUT2D eigenvalue weighted by Gasteiger charge is 2.22. The Labute approximate surface area is 65.5 Å². The van der Waals surface area contributed by atoms with E-state index in [1.165, 1.54) is 6.26 Å². The first-order chi connectivity index (χ1) is 4.61. The van der Waals surface area contributed by atoms with E-state index in [9.17, 15) is 8.42 Å². The lowest BCUT2D eigenvalue weighted by Crippen LogP contribution is -2.42. The predicted molar refractivity (Wildman–Crippen MR) is 44.0 cm³/mol. The fourth-order valence-electron chi connectivity index (χ4n) is 0.816. The molecule has 0 unspecified atom stereocenters. The topological polar surface area (TPSA) is 46.2 Å². The van der Waals surface area contributed by atoms with Gasteiger partial charge in [0.25, 0.3) is 0 Å². The summed E-state index contributed by atoms with van der Waals surface area (Å²) >= 11 is 1.69. The van der Waals surface area contributed by atoms with E-state index in [4.69, 9.17) is 0 Å². The Morgan fingerprint density at radius 1 is 1.60 bits per heavy atom. The van der Waals surface area contributed by atoms with Crippen molar-refractivity contribution in [1.82, 2.24) is 5.32 Å². The van der Waals surface area contributed by atoms with Crippen LogP contribution in [-0.2, 0) is 9.84 Å². The number of sulfone groups is 1. The van der Waals surface area contributed by atoms with Crippen molar-refractivity contribution in [3.05, 3.63) is 0 Å². The van der Waals surface area contributed by atoms with E-state index in [-0.39, 0.29) is 5.37 Å². The van der Waals surface area contributed by atoms with E-state index in [0.717, 1.165) is 12.3 Å². The van der Waals surface area contributed by atoms with Gasteiger partial charge in [0, 0.05) is 24.3 Å². The Bertz CT molecular complexity index is 194.